The van der Waals surface area contributed by atoms with Crippen LogP contribution in [0.3, 0.4) is 0 Å². The third-order valence-corrected chi connectivity index (χ3v) is 21.1. The number of aliphatic hydroxyl groups excluding tert-OH is 1. The van der Waals surface area contributed by atoms with Crippen LogP contribution in [0, 0.1) is 53.3 Å². The molecule has 0 radical (unpaired) electrons. The van der Waals surface area contributed by atoms with Crippen molar-refractivity contribution in [2.75, 3.05) is 68.8 Å². The molecular weight excluding hydrogens is 1860 g/mol. The lowest BCUT2D eigenvalue weighted by atomic mass is 9.79. The van der Waals surface area contributed by atoms with E-state index in [2.05, 4.69) is 86.4 Å². The van der Waals surface area contributed by atoms with E-state index in [1.165, 1.54) is 36.5 Å². The molecule has 4 heterocycles. The number of ether oxygens (including phenoxy) is 12. The average molecular weight is 2020 g/mol. The number of methoxy groups -OCH3 is 6. The molecule has 143 heavy (non-hydrogen) atoms. The number of aliphatic carboxylic acids is 3. The van der Waals surface area contributed by atoms with E-state index in [1.54, 1.807) is 153 Å². The summed E-state index contributed by atoms with van der Waals surface area (Å²) in [6.45, 7) is 57.2. The first-order valence-electron chi connectivity index (χ1n) is 48.0. The molecule has 2 aromatic rings. The van der Waals surface area contributed by atoms with E-state index in [1.807, 2.05) is 54.5 Å². The molecule has 0 saturated carbocycles. The molecule has 2 aromatic carbocycles. The number of hydrogen-bond acceptors (Lipinski definition) is 31. The van der Waals surface area contributed by atoms with Gasteiger partial charge in [-0.1, -0.05) is 96.9 Å². The van der Waals surface area contributed by atoms with Gasteiger partial charge in [-0.25, -0.2) is 47.9 Å². The first-order chi connectivity index (χ1) is 65.8. The number of amides is 4. The summed E-state index contributed by atoms with van der Waals surface area (Å²) in [7, 11) is 9.02. The second-order valence-corrected chi connectivity index (χ2v) is 42.2. The zero-order valence-corrected chi connectivity index (χ0v) is 90.8. The number of carbonyl (C=O) groups excluding carboxylic acids is 12. The van der Waals surface area contributed by atoms with Gasteiger partial charge in [0.1, 0.15) is 64.3 Å². The number of esters is 8. The number of nitrogens with zero attached hydrogens (tertiary/aromatic N) is 2. The van der Waals surface area contributed by atoms with Crippen LogP contribution in [0.1, 0.15) is 261 Å². The van der Waals surface area contributed by atoms with Crippen molar-refractivity contribution in [2.45, 2.75) is 322 Å². The first-order valence-corrected chi connectivity index (χ1v) is 48.0. The summed E-state index contributed by atoms with van der Waals surface area (Å²) in [4.78, 5) is 176. The van der Waals surface area contributed by atoms with Gasteiger partial charge in [-0.15, -0.1) is 0 Å². The lowest BCUT2D eigenvalue weighted by Crippen LogP contribution is -2.49. The van der Waals surface area contributed by atoms with Crippen molar-refractivity contribution in [1.82, 2.24) is 31.1 Å². The summed E-state index contributed by atoms with van der Waals surface area (Å²) in [5, 5.41) is 45.4. The molecule has 6 rings (SSSR count). The van der Waals surface area contributed by atoms with E-state index in [0.717, 1.165) is 112 Å². The Kier molecular flexibility index (Phi) is 56.9. The second kappa shape index (κ2) is 62.0. The van der Waals surface area contributed by atoms with E-state index in [-0.39, 0.29) is 59.7 Å². The van der Waals surface area contributed by atoms with Crippen LogP contribution in [0.4, 0.5) is 0 Å². The van der Waals surface area contributed by atoms with Gasteiger partial charge >= 0.3 is 65.7 Å². The van der Waals surface area contributed by atoms with Crippen molar-refractivity contribution in [2.24, 2.45) is 59.0 Å². The van der Waals surface area contributed by atoms with E-state index in [9.17, 15) is 77.0 Å². The van der Waals surface area contributed by atoms with Gasteiger partial charge in [0.25, 0.3) is 0 Å². The van der Waals surface area contributed by atoms with Crippen LogP contribution >= 0.6 is 0 Å². The maximum Gasteiger partial charge on any atom is 0.331 e. The summed E-state index contributed by atoms with van der Waals surface area (Å²) < 4.78 is 62.7. The van der Waals surface area contributed by atoms with Gasteiger partial charge in [-0.05, 0) is 230 Å². The molecule has 0 unspecified atom stereocenters. The molecular formula is C105H167N7O31. The molecule has 4 aliphatic rings. The quantitative estimate of drug-likeness (QED) is 0.0182. The highest BCUT2D eigenvalue weighted by molar-refractivity contribution is 5.99. The Hall–Kier alpha value is -11.8. The molecule has 2 saturated heterocycles. The third-order valence-electron chi connectivity index (χ3n) is 21.1. The predicted octanol–water partition coefficient (Wildman–Crippen LogP) is 12.2. The molecule has 38 nitrogen and oxygen atoms in total. The van der Waals surface area contributed by atoms with Crippen LogP contribution in [-0.2, 0) is 123 Å². The molecule has 4 amide bonds. The van der Waals surface area contributed by atoms with Crippen LogP contribution in [0.15, 0.2) is 85.0 Å². The number of aliphatic hydroxyl groups is 1. The molecule has 0 aromatic heterocycles. The number of nitrogens with one attached hydrogen (secondary N) is 4. The number of rotatable bonds is 33. The molecule has 0 aliphatic carbocycles. The number of fused-ring (bicyclic) bond motifs is 6. The average Bonchev–Trinajstić information content (AvgIpc) is 0.770. The Balaban J connectivity index is 0.00000173. The minimum atomic E-state index is -1.23. The van der Waals surface area contributed by atoms with Crippen molar-refractivity contribution in [3.8, 4) is 23.0 Å². The molecule has 11 atom stereocenters. The molecule has 10 N–H and O–H groups in total. The van der Waals surface area contributed by atoms with Crippen molar-refractivity contribution >= 4 is 89.3 Å². The Morgan fingerprint density at radius 2 is 0.622 bits per heavy atom. The number of nitrogens with two attached hydrogens (primary N) is 1. The highest BCUT2D eigenvalue weighted by atomic mass is 16.6. The number of piperidine rings is 2. The van der Waals surface area contributed by atoms with Gasteiger partial charge in [0.15, 0.2) is 23.0 Å². The number of hydrogen-bond donors (Lipinski definition) is 9. The highest BCUT2D eigenvalue weighted by Crippen LogP contribution is 2.46. The van der Waals surface area contributed by atoms with Crippen molar-refractivity contribution < 1.29 is 149 Å². The number of carbonyl (C=O) groups is 15. The monoisotopic (exact) mass is 2020 g/mol. The summed E-state index contributed by atoms with van der Waals surface area (Å²) >= 11 is 0. The Labute approximate surface area is 845 Å². The van der Waals surface area contributed by atoms with Crippen LogP contribution in [0.25, 0.3) is 0 Å². The fourth-order valence-corrected chi connectivity index (χ4v) is 14.6. The Morgan fingerprint density at radius 3 is 0.895 bits per heavy atom. The lowest BCUT2D eigenvalue weighted by Gasteiger charge is -2.47. The first kappa shape index (κ1) is 131. The van der Waals surface area contributed by atoms with Gasteiger partial charge < -0.3 is 104 Å². The second-order valence-electron chi connectivity index (χ2n) is 42.2. The van der Waals surface area contributed by atoms with E-state index >= 15 is 0 Å². The molecule has 0 bridgehead atoms. The minimum Gasteiger partial charge on any atom is -0.493 e. The molecule has 0 spiro atoms. The van der Waals surface area contributed by atoms with Crippen molar-refractivity contribution in [3.63, 3.8) is 0 Å². The minimum absolute atomic E-state index is 0.0904. The summed E-state index contributed by atoms with van der Waals surface area (Å²) in [6.07, 6.45) is 13.9. The van der Waals surface area contributed by atoms with Gasteiger partial charge in [-0.2, -0.15) is 0 Å². The standard InChI is InChI=1S/C32H48N2O7.C19H29NO3.C14H23NO5.2C13H21NO5.C9H19NO2.C5H6O4/c1-19(2)14-22-18-34-13-12-21-15-26(38-8)27(39-9)16-23(21)24(34)17-25(22)40-29(36)11-10-28(35)33-30(20(3)4)31(37)41-32(5,6)7;1-12(2)7-14-11-20-6-5-13-8-18(22-3)19(23-4)9-15(13)16(20)10-17(14)21;1-9(2)12(13(18)20-14(3,4)5)15-10(16)7-8-11(17)19-6;2*1-8(2)11(12(18)19-13(3,4)5)14-9(15)6-7-10(16)17;1-6(2)7(10)8(11)12-9(3,4)5;1-9-5(8)3-2-4(6)7/h10-11,15-16,19-20,22,24-25,30H,12-14,17-18H2,1-9H3,(H,33,35);8-9,12,14,16-17,21H,5-7,10-11H2,1-4H3;7-9,12H,1-6H3,(H,15,16);2*6-8,11H,1-5H3,(H,14,15)(H,16,17);6-7H,10H2,1-5H3;2-3H,1H3,(H,6,7)/b11-10+;;8-7+;2*7-6+;;3-2+/t22-,24-,25-,30+;14-,16-,17-;12-;2*11-;7-;/m110000./s1. The van der Waals surface area contributed by atoms with Crippen molar-refractivity contribution in [3.05, 3.63) is 107 Å². The lowest BCUT2D eigenvalue weighted by molar-refractivity contribution is -0.160. The van der Waals surface area contributed by atoms with E-state index in [0.29, 0.717) is 59.9 Å². The highest BCUT2D eigenvalue weighted by Gasteiger charge is 2.44. The molecule has 4 aliphatic heterocycles. The van der Waals surface area contributed by atoms with Gasteiger partial charge in [-0.3, -0.25) is 33.8 Å². The Bertz CT molecular complexity index is 4570. The van der Waals surface area contributed by atoms with Gasteiger partial charge in [0, 0.05) is 111 Å². The summed E-state index contributed by atoms with van der Waals surface area (Å²) in [5.74, 6) is -6.24. The maximum atomic E-state index is 12.9. The molecule has 38 heteroatoms. The third kappa shape index (κ3) is 53.4. The molecule has 2 fully saturated rings. The van der Waals surface area contributed by atoms with E-state index in [4.69, 9.17) is 68.4 Å². The van der Waals surface area contributed by atoms with Crippen LogP contribution in [0.2, 0.25) is 0 Å². The van der Waals surface area contributed by atoms with E-state index < -0.39 is 142 Å². The van der Waals surface area contributed by atoms with Crippen LogP contribution in [-0.4, -0.2) is 259 Å². The zero-order valence-electron chi connectivity index (χ0n) is 90.8. The zero-order chi connectivity index (χ0) is 111. The van der Waals surface area contributed by atoms with Gasteiger partial charge in [0.2, 0.25) is 23.6 Å². The summed E-state index contributed by atoms with van der Waals surface area (Å²) in [6, 6.07) is 4.97. The smallest absolute Gasteiger partial charge is 0.331 e. The summed E-state index contributed by atoms with van der Waals surface area (Å²) in [5.41, 5.74) is 7.59. The van der Waals surface area contributed by atoms with Crippen molar-refractivity contribution in [1.29, 1.82) is 0 Å². The predicted molar refractivity (Wildman–Crippen MR) is 538 cm³/mol. The fourth-order valence-electron chi connectivity index (χ4n) is 14.6. The fraction of sp³-hybridized carbons (Fsp3) is 0.648. The number of carboxylic acid groups (broad SMARTS) is 3. The number of benzene rings is 2. The van der Waals surface area contributed by atoms with Crippen LogP contribution < -0.4 is 45.9 Å². The maximum absolute atomic E-state index is 12.9. The number of carboxylic acids is 3. The largest absolute Gasteiger partial charge is 0.493 e. The normalized spacial score (nSPS) is 17.8. The van der Waals surface area contributed by atoms with Crippen LogP contribution in [0.5, 0.6) is 23.0 Å². The SMILES string of the molecule is CC(C)[C@H](N)C(=O)OC(C)(C)C.CC(C)[C@H](NC(=O)/C=C/C(=O)O)C(=O)OC(C)(C)C.CC(C)[C@H](NC(=O)/C=C/C(=O)O)C(=O)OC(C)(C)C.COC(=O)/C=C/C(=O)N[C@H](C(=O)OC(C)(C)C)C(C)C.COC(=O)/C=C/C(=O)O.COc1cc2c(cc1OC)[C@H]1C[C@@H](O)[C@H](CC(C)C)CN1CC2.COc1cc2c(cc1OC)[C@H]1C[C@@H](OC(=O)/C=C/C(=O)N[C@H](C(=O)OC(C)(C)C)C(C)C)[C@H](CC(C)C)CN1CC2. The topological polar surface area (TPSA) is 528 Å². The molecule has 808 valence electrons. The van der Waals surface area contributed by atoms with Gasteiger partial charge in [0.05, 0.1) is 48.8 Å². The Morgan fingerprint density at radius 1 is 0.364 bits per heavy atom.